The summed E-state index contributed by atoms with van der Waals surface area (Å²) >= 11 is 9.57. The van der Waals surface area contributed by atoms with Gasteiger partial charge in [0, 0.05) is 26.2 Å². The molecule has 4 N–H and O–H groups in total. The Morgan fingerprint density at radius 2 is 0.833 bits per heavy atom. The van der Waals surface area contributed by atoms with Crippen molar-refractivity contribution in [3.05, 3.63) is 0 Å². The van der Waals surface area contributed by atoms with E-state index in [0.717, 1.165) is 36.4 Å². The summed E-state index contributed by atoms with van der Waals surface area (Å²) in [6, 6.07) is 0. The van der Waals surface area contributed by atoms with Crippen molar-refractivity contribution >= 4 is 59.1 Å². The Labute approximate surface area is 168 Å². The Morgan fingerprint density at radius 3 is 0.944 bits per heavy atom. The van der Waals surface area contributed by atoms with Gasteiger partial charge in [0.05, 0.1) is 0 Å². The van der Waals surface area contributed by atoms with Gasteiger partial charge in [-0.1, -0.05) is 0 Å². The molecule has 0 spiro atoms. The van der Waals surface area contributed by atoms with Gasteiger partial charge in [-0.2, -0.15) is 0 Å². The molecule has 0 aromatic carbocycles. The molecule has 0 atom stereocenters. The Morgan fingerprint density at radius 1 is 0.611 bits per heavy atom. The van der Waals surface area contributed by atoms with E-state index in [1.165, 1.54) is 12.8 Å². The molecule has 0 unspecified atom stereocenters. The minimum Gasteiger partial charge on any atom is -1.00 e. The fourth-order valence-corrected chi connectivity index (χ4v) is 1.52. The smallest absolute Gasteiger partial charge is 1.00 e. The summed E-state index contributed by atoms with van der Waals surface area (Å²) in [7, 11) is 0. The van der Waals surface area contributed by atoms with Gasteiger partial charge >= 0.3 is 24.4 Å². The van der Waals surface area contributed by atoms with Gasteiger partial charge < -0.3 is 72.2 Å². The largest absolute Gasteiger partial charge is 3.00 e. The number of halogens is 3. The van der Waals surface area contributed by atoms with E-state index in [-0.39, 0.29) is 75.4 Å². The van der Waals surface area contributed by atoms with Gasteiger partial charge in [0.15, 0.2) is 10.2 Å². The molecule has 0 aromatic heterocycles. The second-order valence-electron chi connectivity index (χ2n) is 3.07. The van der Waals surface area contributed by atoms with Crippen molar-refractivity contribution in [1.82, 2.24) is 21.3 Å². The molecule has 2 aliphatic rings. The van der Waals surface area contributed by atoms with E-state index < -0.39 is 0 Å². The first-order valence-electron chi connectivity index (χ1n) is 4.82. The van der Waals surface area contributed by atoms with E-state index in [9.17, 15) is 0 Å². The Bertz CT molecular complexity index is 187. The molecule has 2 rings (SSSR count). The maximum atomic E-state index is 4.78. The monoisotopic (exact) mass is 590 g/mol. The second kappa shape index (κ2) is 18.6. The molecular weight excluding hydrogens is 578 g/mol. The molecule has 2 fully saturated rings. The normalized spacial score (nSPS) is 15.8. The minimum atomic E-state index is 0. The molecule has 2 aliphatic heterocycles. The summed E-state index contributed by atoms with van der Waals surface area (Å²) in [5.74, 6) is 0. The first-order valence-corrected chi connectivity index (χ1v) is 5.64. The first-order chi connectivity index (χ1) is 6.79. The molecule has 0 aromatic rings. The van der Waals surface area contributed by atoms with Gasteiger partial charge in [0.2, 0.25) is 0 Å². The molecule has 0 amide bonds. The van der Waals surface area contributed by atoms with Crippen LogP contribution in [0.2, 0.25) is 0 Å². The zero-order chi connectivity index (χ0) is 10.2. The molecule has 0 bridgehead atoms. The molecule has 0 saturated carbocycles. The van der Waals surface area contributed by atoms with Crippen LogP contribution < -0.4 is 72.2 Å². The third kappa shape index (κ3) is 15.7. The average molecular weight is 594 g/mol. The Hall–Kier alpha value is 1.64. The van der Waals surface area contributed by atoms with Crippen LogP contribution in [0.3, 0.4) is 0 Å². The minimum absolute atomic E-state index is 0. The Balaban J connectivity index is -0.0000000891. The molecule has 106 valence electrons. The molecule has 2 saturated heterocycles. The maximum absolute atomic E-state index is 4.78. The van der Waals surface area contributed by atoms with E-state index in [2.05, 4.69) is 21.3 Å². The maximum Gasteiger partial charge on any atom is 3.00 e. The van der Waals surface area contributed by atoms with Crippen LogP contribution in [-0.4, -0.2) is 60.8 Å². The van der Waals surface area contributed by atoms with Gasteiger partial charge in [-0.05, 0) is 37.3 Å². The van der Waals surface area contributed by atoms with E-state index in [4.69, 9.17) is 24.4 Å². The van der Waals surface area contributed by atoms with Crippen LogP contribution in [0.5, 0.6) is 0 Å². The van der Waals surface area contributed by atoms with Gasteiger partial charge in [-0.25, -0.2) is 0 Å². The molecule has 2 radical (unpaired) electrons. The zero-order valence-corrected chi connectivity index (χ0v) is 18.6. The number of hydrogen-bond donors (Lipinski definition) is 4. The summed E-state index contributed by atoms with van der Waals surface area (Å²) in [5.41, 5.74) is 0. The average Bonchev–Trinajstić information content (AvgIpc) is 2.21. The zero-order valence-electron chi connectivity index (χ0n) is 9.64. The van der Waals surface area contributed by atoms with Crippen molar-refractivity contribution in [2.45, 2.75) is 12.8 Å². The quantitative estimate of drug-likeness (QED) is 0.166. The molecule has 0 aliphatic carbocycles. The number of thiocarbonyl (C=S) groups is 2. The fourth-order valence-electron chi connectivity index (χ4n) is 1.11. The van der Waals surface area contributed by atoms with Crippen LogP contribution in [0.1, 0.15) is 12.8 Å². The third-order valence-electron chi connectivity index (χ3n) is 1.85. The summed E-state index contributed by atoms with van der Waals surface area (Å²) in [4.78, 5) is 0. The number of nitrogens with one attached hydrogen (secondary N) is 4. The predicted molar refractivity (Wildman–Crippen MR) is 72.2 cm³/mol. The van der Waals surface area contributed by atoms with Crippen LogP contribution >= 0.6 is 24.4 Å². The molecule has 18 heavy (non-hydrogen) atoms. The predicted octanol–water partition coefficient (Wildman–Crippen LogP) is -9.66. The van der Waals surface area contributed by atoms with Crippen molar-refractivity contribution in [3.63, 3.8) is 0 Å². The molecule has 4 nitrogen and oxygen atoms in total. The van der Waals surface area contributed by atoms with Crippen molar-refractivity contribution in [2.75, 3.05) is 26.2 Å². The summed E-state index contributed by atoms with van der Waals surface area (Å²) in [6.07, 6.45) is 2.36. The van der Waals surface area contributed by atoms with Crippen molar-refractivity contribution in [2.24, 2.45) is 0 Å². The SMILES string of the molecule is S=C1NCCCN1.S=C1NCCCN1.[Br-].[Br-].[Br-].[Sb+3]. The standard InChI is InChI=1S/2C4H8N2S.3BrH.Sb/c2*7-4-5-2-1-3-6-4;;;;/h2*1-3H2,(H2,5,6,7);3*1H;/q;;;;;+3/p-3. The van der Waals surface area contributed by atoms with Gasteiger partial charge in [-0.3, -0.25) is 0 Å². The summed E-state index contributed by atoms with van der Waals surface area (Å²) in [6.45, 7) is 4.13. The molecular formula is C8H16Br3N4S2Sb. The third-order valence-corrected chi connectivity index (χ3v) is 2.43. The summed E-state index contributed by atoms with van der Waals surface area (Å²) in [5, 5.41) is 13.6. The van der Waals surface area contributed by atoms with Crippen molar-refractivity contribution < 1.29 is 50.9 Å². The van der Waals surface area contributed by atoms with Gasteiger partial charge in [-0.15, -0.1) is 0 Å². The van der Waals surface area contributed by atoms with E-state index in [1.54, 1.807) is 0 Å². The van der Waals surface area contributed by atoms with E-state index in [1.807, 2.05) is 0 Å². The fraction of sp³-hybridized carbons (Fsp3) is 0.750. The molecule has 10 heteroatoms. The van der Waals surface area contributed by atoms with Crippen LogP contribution in [-0.2, 0) is 0 Å². The Kier molecular flexibility index (Phi) is 28.9. The van der Waals surface area contributed by atoms with Crippen LogP contribution in [0.15, 0.2) is 0 Å². The topological polar surface area (TPSA) is 48.1 Å². The summed E-state index contributed by atoms with van der Waals surface area (Å²) < 4.78 is 0. The number of hydrogen-bond acceptors (Lipinski definition) is 2. The number of rotatable bonds is 0. The van der Waals surface area contributed by atoms with E-state index in [0.29, 0.717) is 0 Å². The molecule has 2 heterocycles. The van der Waals surface area contributed by atoms with Crippen molar-refractivity contribution in [1.29, 1.82) is 0 Å². The van der Waals surface area contributed by atoms with Crippen LogP contribution in [0.25, 0.3) is 0 Å². The van der Waals surface area contributed by atoms with Gasteiger partial charge in [0.25, 0.3) is 0 Å². The first kappa shape index (κ1) is 27.9. The van der Waals surface area contributed by atoms with Gasteiger partial charge in [0.1, 0.15) is 0 Å². The van der Waals surface area contributed by atoms with Crippen molar-refractivity contribution in [3.8, 4) is 0 Å². The van der Waals surface area contributed by atoms with Crippen LogP contribution in [0, 0.1) is 0 Å². The van der Waals surface area contributed by atoms with Crippen LogP contribution in [0.4, 0.5) is 0 Å². The second-order valence-corrected chi connectivity index (χ2v) is 3.89. The van der Waals surface area contributed by atoms with E-state index >= 15 is 0 Å².